The first kappa shape index (κ1) is 26.0. The molecule has 0 N–H and O–H groups in total. The van der Waals surface area contributed by atoms with Gasteiger partial charge in [0.05, 0.1) is 0 Å². The van der Waals surface area contributed by atoms with Gasteiger partial charge in [0, 0.05) is 25.9 Å². The number of hydrogen-bond donors (Lipinski definition) is 0. The van der Waals surface area contributed by atoms with E-state index in [1.165, 1.54) is 0 Å². The smallest absolute Gasteiger partial charge is 0.490 e. The summed E-state index contributed by atoms with van der Waals surface area (Å²) in [5.41, 5.74) is 0. The molecule has 0 saturated heterocycles. The number of para-hydroxylation sites is 1. The van der Waals surface area contributed by atoms with Crippen LogP contribution in [0.2, 0.25) is 6.04 Å². The van der Waals surface area contributed by atoms with Crippen LogP contribution in [0, 0.1) is 0 Å². The van der Waals surface area contributed by atoms with Crippen molar-refractivity contribution in [3.8, 4) is 5.75 Å². The van der Waals surface area contributed by atoms with Gasteiger partial charge < -0.3 is 22.8 Å². The maximum atomic E-state index is 12.4. The maximum absolute atomic E-state index is 12.4. The molecule has 166 valence electrons. The van der Waals surface area contributed by atoms with Gasteiger partial charge in [0.1, 0.15) is 23.7 Å². The van der Waals surface area contributed by atoms with Gasteiger partial charge in [-0.25, -0.2) is 0 Å². The molecule has 0 aliphatic rings. The van der Waals surface area contributed by atoms with Gasteiger partial charge in [0.15, 0.2) is 0 Å². The van der Waals surface area contributed by atoms with E-state index in [9.17, 15) is 4.79 Å². The van der Waals surface area contributed by atoms with Crippen LogP contribution in [0.1, 0.15) is 41.0 Å². The average Bonchev–Trinajstić information content (AvgIpc) is 2.70. The van der Waals surface area contributed by atoms with Crippen LogP contribution in [0.15, 0.2) is 30.3 Å². The normalized spacial score (nSPS) is 12.0. The van der Waals surface area contributed by atoms with E-state index in [1.54, 1.807) is 11.8 Å². The fraction of sp³-hybridized carbons (Fsp3) is 0.667. The molecule has 6 nitrogen and oxygen atoms in total. The fourth-order valence-corrected chi connectivity index (χ4v) is 6.50. The zero-order valence-corrected chi connectivity index (χ0v) is 20.2. The van der Waals surface area contributed by atoms with Crippen molar-refractivity contribution >= 4 is 26.5 Å². The summed E-state index contributed by atoms with van der Waals surface area (Å²) in [6.45, 7) is 11.9. The summed E-state index contributed by atoms with van der Waals surface area (Å²) >= 11 is 1.58. The summed E-state index contributed by atoms with van der Waals surface area (Å²) in [7, 11) is -2.62. The van der Waals surface area contributed by atoms with E-state index in [-0.39, 0.29) is 12.6 Å². The standard InChI is InChI=1S/C21H36O6SSi/c1-6-25-29(26-7-2,27-8-3)18-12-17-28-21(4,5)20(22)24-16-15-23-19-13-10-9-11-14-19/h9-11,13-14H,6-8,12,15-18H2,1-5H3. The van der Waals surface area contributed by atoms with Crippen LogP contribution in [0.25, 0.3) is 0 Å². The van der Waals surface area contributed by atoms with Crippen molar-refractivity contribution < 1.29 is 27.5 Å². The molecular weight excluding hydrogens is 408 g/mol. The molecule has 0 radical (unpaired) electrons. The first-order valence-electron chi connectivity index (χ1n) is 10.3. The van der Waals surface area contributed by atoms with Crippen LogP contribution in [0.5, 0.6) is 5.75 Å². The second kappa shape index (κ2) is 14.0. The van der Waals surface area contributed by atoms with Crippen molar-refractivity contribution in [1.29, 1.82) is 0 Å². The number of hydrogen-bond acceptors (Lipinski definition) is 7. The number of thioether (sulfide) groups is 1. The SMILES string of the molecule is CCO[Si](CCCSC(C)(C)C(=O)OCCOc1ccccc1)(OCC)OCC. The molecule has 0 aromatic heterocycles. The summed E-state index contributed by atoms with van der Waals surface area (Å²) in [5, 5.41) is 0. The quantitative estimate of drug-likeness (QED) is 0.210. The summed E-state index contributed by atoms with van der Waals surface area (Å²) in [4.78, 5) is 12.4. The highest BCUT2D eigenvalue weighted by Crippen LogP contribution is 2.28. The predicted molar refractivity (Wildman–Crippen MR) is 119 cm³/mol. The second-order valence-electron chi connectivity index (χ2n) is 6.74. The van der Waals surface area contributed by atoms with Crippen LogP contribution in [-0.2, 0) is 22.8 Å². The van der Waals surface area contributed by atoms with Gasteiger partial charge >= 0.3 is 14.8 Å². The number of ether oxygens (including phenoxy) is 2. The first-order chi connectivity index (χ1) is 13.9. The molecule has 0 bridgehead atoms. The van der Waals surface area contributed by atoms with Crippen molar-refractivity contribution in [1.82, 2.24) is 0 Å². The number of rotatable bonds is 16. The molecule has 0 heterocycles. The summed E-state index contributed by atoms with van der Waals surface area (Å²) < 4.78 is 27.9. The minimum absolute atomic E-state index is 0.229. The van der Waals surface area contributed by atoms with E-state index < -0.39 is 13.6 Å². The van der Waals surface area contributed by atoms with Gasteiger partial charge in [-0.05, 0) is 58.9 Å². The third kappa shape index (κ3) is 10.00. The minimum atomic E-state index is -2.62. The van der Waals surface area contributed by atoms with Crippen molar-refractivity contribution in [2.45, 2.75) is 51.8 Å². The van der Waals surface area contributed by atoms with Gasteiger partial charge in [-0.15, -0.1) is 11.8 Å². The van der Waals surface area contributed by atoms with E-state index in [4.69, 9.17) is 22.8 Å². The number of esters is 1. The molecular formula is C21H36O6SSi. The molecule has 1 rings (SSSR count). The highest BCUT2D eigenvalue weighted by molar-refractivity contribution is 8.01. The summed E-state index contributed by atoms with van der Waals surface area (Å²) in [6.07, 6.45) is 0.852. The predicted octanol–water partition coefficient (Wildman–Crippen LogP) is 4.56. The highest BCUT2D eigenvalue weighted by Gasteiger charge is 2.40. The molecule has 0 saturated carbocycles. The molecule has 1 aromatic carbocycles. The molecule has 0 atom stereocenters. The Morgan fingerprint density at radius 2 is 1.55 bits per heavy atom. The fourth-order valence-electron chi connectivity index (χ4n) is 2.66. The lowest BCUT2D eigenvalue weighted by molar-refractivity contribution is -0.146. The van der Waals surface area contributed by atoms with Crippen LogP contribution in [0.4, 0.5) is 0 Å². The third-order valence-electron chi connectivity index (χ3n) is 4.00. The molecule has 0 amide bonds. The van der Waals surface area contributed by atoms with Crippen LogP contribution >= 0.6 is 11.8 Å². The van der Waals surface area contributed by atoms with Crippen molar-refractivity contribution in [3.63, 3.8) is 0 Å². The largest absolute Gasteiger partial charge is 0.500 e. The van der Waals surface area contributed by atoms with Crippen LogP contribution < -0.4 is 4.74 Å². The van der Waals surface area contributed by atoms with Crippen LogP contribution in [-0.4, -0.2) is 58.3 Å². The Hall–Kier alpha value is -1.06. The van der Waals surface area contributed by atoms with Crippen LogP contribution in [0.3, 0.4) is 0 Å². The zero-order chi connectivity index (χ0) is 21.6. The Morgan fingerprint density at radius 3 is 2.10 bits per heavy atom. The topological polar surface area (TPSA) is 63.2 Å². The Balaban J connectivity index is 2.35. The lowest BCUT2D eigenvalue weighted by atomic mass is 10.2. The van der Waals surface area contributed by atoms with E-state index in [1.807, 2.05) is 65.0 Å². The Kier molecular flexibility index (Phi) is 12.6. The van der Waals surface area contributed by atoms with Crippen molar-refractivity contribution in [2.75, 3.05) is 38.8 Å². The Morgan fingerprint density at radius 1 is 0.966 bits per heavy atom. The van der Waals surface area contributed by atoms with Gasteiger partial charge in [-0.3, -0.25) is 4.79 Å². The van der Waals surface area contributed by atoms with E-state index in [0.29, 0.717) is 26.4 Å². The monoisotopic (exact) mass is 444 g/mol. The Labute approximate surface area is 181 Å². The molecule has 0 aliphatic heterocycles. The maximum Gasteiger partial charge on any atom is 0.500 e. The summed E-state index contributed by atoms with van der Waals surface area (Å²) in [5.74, 6) is 1.33. The zero-order valence-electron chi connectivity index (χ0n) is 18.4. The number of benzene rings is 1. The highest BCUT2D eigenvalue weighted by atomic mass is 32.2. The Bertz CT molecular complexity index is 553. The lowest BCUT2D eigenvalue weighted by Crippen LogP contribution is -2.46. The number of carbonyl (C=O) groups is 1. The van der Waals surface area contributed by atoms with Gasteiger partial charge in [-0.2, -0.15) is 0 Å². The molecule has 0 spiro atoms. The number of carbonyl (C=O) groups excluding carboxylic acids is 1. The van der Waals surface area contributed by atoms with E-state index >= 15 is 0 Å². The van der Waals surface area contributed by atoms with Crippen molar-refractivity contribution in [3.05, 3.63) is 30.3 Å². The van der Waals surface area contributed by atoms with Gasteiger partial charge in [-0.1, -0.05) is 18.2 Å². The minimum Gasteiger partial charge on any atom is -0.490 e. The molecule has 0 aliphatic carbocycles. The molecule has 8 heteroatoms. The first-order valence-corrected chi connectivity index (χ1v) is 13.2. The second-order valence-corrected chi connectivity index (χ2v) is 11.2. The molecule has 0 fully saturated rings. The lowest BCUT2D eigenvalue weighted by Gasteiger charge is -2.29. The van der Waals surface area contributed by atoms with E-state index in [0.717, 1.165) is 24.0 Å². The van der Waals surface area contributed by atoms with E-state index in [2.05, 4.69) is 0 Å². The van der Waals surface area contributed by atoms with Gasteiger partial charge in [0.2, 0.25) is 0 Å². The summed E-state index contributed by atoms with van der Waals surface area (Å²) in [6, 6.07) is 10.2. The van der Waals surface area contributed by atoms with Crippen molar-refractivity contribution in [2.24, 2.45) is 0 Å². The average molecular weight is 445 g/mol. The molecule has 0 unspecified atom stereocenters. The molecule has 29 heavy (non-hydrogen) atoms. The molecule has 1 aromatic rings. The third-order valence-corrected chi connectivity index (χ3v) is 8.54. The van der Waals surface area contributed by atoms with Gasteiger partial charge in [0.25, 0.3) is 0 Å².